The van der Waals surface area contributed by atoms with Crippen LogP contribution in [0.15, 0.2) is 30.5 Å². The Kier molecular flexibility index (Phi) is 8.92. The van der Waals surface area contributed by atoms with Crippen molar-refractivity contribution in [2.75, 3.05) is 29.9 Å². The van der Waals surface area contributed by atoms with Crippen LogP contribution < -0.4 is 10.2 Å². The second-order valence-corrected chi connectivity index (χ2v) is 9.29. The lowest BCUT2D eigenvalue weighted by atomic mass is 10.1. The first kappa shape index (κ1) is 26.7. The molecule has 190 valence electrons. The summed E-state index contributed by atoms with van der Waals surface area (Å²) in [5.74, 6) is -0.693. The highest BCUT2D eigenvalue weighted by Crippen LogP contribution is 2.28. The van der Waals surface area contributed by atoms with Crippen LogP contribution in [0.3, 0.4) is 0 Å². The number of nitrogens with one attached hydrogen (secondary N) is 1. The van der Waals surface area contributed by atoms with Crippen LogP contribution >= 0.6 is 11.3 Å². The van der Waals surface area contributed by atoms with Crippen LogP contribution in [-0.4, -0.2) is 69.0 Å². The second-order valence-electron chi connectivity index (χ2n) is 8.26. The molecule has 0 spiro atoms. The van der Waals surface area contributed by atoms with Crippen molar-refractivity contribution in [1.82, 2.24) is 14.9 Å². The zero-order chi connectivity index (χ0) is 25.7. The molecule has 3 heterocycles. The molecule has 0 bridgehead atoms. The van der Waals surface area contributed by atoms with Gasteiger partial charge in [-0.25, -0.2) is 23.5 Å². The average Bonchev–Trinajstić information content (AvgIpc) is 3.21. The van der Waals surface area contributed by atoms with Crippen molar-refractivity contribution < 1.29 is 23.8 Å². The van der Waals surface area contributed by atoms with Crippen LogP contribution in [0.25, 0.3) is 10.2 Å². The van der Waals surface area contributed by atoms with E-state index in [2.05, 4.69) is 15.3 Å². The Balaban J connectivity index is 0.00000167. The third-order valence-electron chi connectivity index (χ3n) is 5.58. The van der Waals surface area contributed by atoms with Gasteiger partial charge in [-0.05, 0) is 43.7 Å². The van der Waals surface area contributed by atoms with Crippen LogP contribution in [0.1, 0.15) is 33.3 Å². The molecular weight excluding hydrogens is 476 g/mol. The lowest BCUT2D eigenvalue weighted by molar-refractivity contribution is 0.0954. The van der Waals surface area contributed by atoms with Gasteiger partial charge in [0, 0.05) is 37.8 Å². The Labute approximate surface area is 207 Å². The SMILES string of the molecule is CC.C[C@@H]1CN(c2ncc(C[C@H](O)CO)cc2F)C[C@H](C)N1C(=O)Nc1nc2ccc(F)cc2s1. The number of aliphatic hydroxyl groups is 2. The van der Waals surface area contributed by atoms with Crippen LogP contribution in [0, 0.1) is 11.6 Å². The molecule has 35 heavy (non-hydrogen) atoms. The summed E-state index contributed by atoms with van der Waals surface area (Å²) in [6.07, 6.45) is 0.634. The molecule has 1 saturated heterocycles. The topological polar surface area (TPSA) is 102 Å². The van der Waals surface area contributed by atoms with Crippen molar-refractivity contribution in [3.05, 3.63) is 47.7 Å². The first-order chi connectivity index (χ1) is 16.7. The molecular formula is C24H31F2N5O3S. The van der Waals surface area contributed by atoms with Gasteiger partial charge in [0.05, 0.1) is 22.9 Å². The highest BCUT2D eigenvalue weighted by Gasteiger charge is 2.34. The fraction of sp³-hybridized carbons (Fsp3) is 0.458. The van der Waals surface area contributed by atoms with Crippen LogP contribution in [0.4, 0.5) is 24.5 Å². The number of carbonyl (C=O) groups excluding carboxylic acids is 1. The van der Waals surface area contributed by atoms with Gasteiger partial charge in [0.25, 0.3) is 0 Å². The summed E-state index contributed by atoms with van der Waals surface area (Å²) in [4.78, 5) is 25.0. The summed E-state index contributed by atoms with van der Waals surface area (Å²) in [5, 5.41) is 21.7. The normalized spacial score (nSPS) is 18.7. The van der Waals surface area contributed by atoms with Gasteiger partial charge in [0.1, 0.15) is 5.82 Å². The van der Waals surface area contributed by atoms with E-state index in [1.54, 1.807) is 15.9 Å². The molecule has 0 saturated carbocycles. The number of pyridine rings is 1. The number of hydrogen-bond acceptors (Lipinski definition) is 7. The Morgan fingerprint density at radius 2 is 1.91 bits per heavy atom. The maximum Gasteiger partial charge on any atom is 0.324 e. The molecule has 0 radical (unpaired) electrons. The molecule has 2 aromatic heterocycles. The number of fused-ring (bicyclic) bond motifs is 1. The van der Waals surface area contributed by atoms with E-state index in [1.807, 2.05) is 27.7 Å². The summed E-state index contributed by atoms with van der Waals surface area (Å²) in [6.45, 7) is 8.10. The first-order valence-electron chi connectivity index (χ1n) is 11.6. The largest absolute Gasteiger partial charge is 0.394 e. The number of thiazole rings is 1. The lowest BCUT2D eigenvalue weighted by Gasteiger charge is -2.44. The second kappa shape index (κ2) is 11.7. The number of hydrogen-bond donors (Lipinski definition) is 3. The molecule has 1 aliphatic heterocycles. The number of benzene rings is 1. The molecule has 0 unspecified atom stereocenters. The molecule has 1 aromatic carbocycles. The number of carbonyl (C=O) groups is 1. The number of aliphatic hydroxyl groups excluding tert-OH is 2. The molecule has 0 aliphatic carbocycles. The number of urea groups is 1. The van der Waals surface area contributed by atoms with Crippen LogP contribution in [0.5, 0.6) is 0 Å². The predicted octanol–water partition coefficient (Wildman–Crippen LogP) is 4.02. The van der Waals surface area contributed by atoms with Crippen molar-refractivity contribution in [3.8, 4) is 0 Å². The minimum atomic E-state index is -0.964. The number of rotatable bonds is 5. The van der Waals surface area contributed by atoms with Crippen LogP contribution in [0.2, 0.25) is 0 Å². The summed E-state index contributed by atoms with van der Waals surface area (Å²) in [5.41, 5.74) is 1.10. The monoisotopic (exact) mass is 507 g/mol. The Morgan fingerprint density at radius 3 is 2.54 bits per heavy atom. The van der Waals surface area contributed by atoms with Gasteiger partial charge >= 0.3 is 6.03 Å². The average molecular weight is 508 g/mol. The molecule has 2 amide bonds. The molecule has 1 aliphatic rings. The number of halogens is 2. The van der Waals surface area contributed by atoms with E-state index in [-0.39, 0.29) is 36.2 Å². The third-order valence-corrected chi connectivity index (χ3v) is 6.51. The molecule has 11 heteroatoms. The highest BCUT2D eigenvalue weighted by molar-refractivity contribution is 7.22. The van der Waals surface area contributed by atoms with Gasteiger partial charge in [0.2, 0.25) is 0 Å². The summed E-state index contributed by atoms with van der Waals surface area (Å²) >= 11 is 1.20. The van der Waals surface area contributed by atoms with Gasteiger partial charge in [0.15, 0.2) is 16.8 Å². The number of anilines is 2. The molecule has 8 nitrogen and oxygen atoms in total. The Hall–Kier alpha value is -2.89. The van der Waals surface area contributed by atoms with Gasteiger partial charge in [-0.1, -0.05) is 25.2 Å². The Bertz CT molecular complexity index is 1150. The van der Waals surface area contributed by atoms with Crippen molar-refractivity contribution >= 4 is 38.5 Å². The predicted molar refractivity (Wildman–Crippen MR) is 134 cm³/mol. The number of piperazine rings is 1. The van der Waals surface area contributed by atoms with Crippen molar-refractivity contribution in [2.45, 2.75) is 52.3 Å². The maximum atomic E-state index is 14.7. The van der Waals surface area contributed by atoms with E-state index in [1.165, 1.54) is 35.7 Å². The van der Waals surface area contributed by atoms with Gasteiger partial charge in [-0.3, -0.25) is 5.32 Å². The standard InChI is InChI=1S/C22H25F2N5O3S.C2H6/c1-12-9-28(20-17(24)6-14(8-25-20)5-16(31)11-30)10-13(2)29(12)22(32)27-21-26-18-4-3-15(23)7-19(18)33-21;1-2/h3-4,6-8,12-13,16,30-31H,5,9-11H2,1-2H3,(H,26,27,32);1-2H3/t12-,13+,16-;/m0./s1. The number of aromatic nitrogens is 2. The highest BCUT2D eigenvalue weighted by atomic mass is 32.1. The van der Waals surface area contributed by atoms with E-state index in [9.17, 15) is 18.7 Å². The maximum absolute atomic E-state index is 14.7. The molecule has 3 aromatic rings. The summed E-state index contributed by atoms with van der Waals surface area (Å²) in [7, 11) is 0. The minimum absolute atomic E-state index is 0.111. The fourth-order valence-corrected chi connectivity index (χ4v) is 5.04. The van der Waals surface area contributed by atoms with E-state index < -0.39 is 18.5 Å². The Morgan fingerprint density at radius 1 is 1.23 bits per heavy atom. The van der Waals surface area contributed by atoms with E-state index in [0.29, 0.717) is 34.0 Å². The third kappa shape index (κ3) is 6.22. The zero-order valence-electron chi connectivity index (χ0n) is 20.2. The van der Waals surface area contributed by atoms with E-state index in [4.69, 9.17) is 5.11 Å². The van der Waals surface area contributed by atoms with Gasteiger partial charge < -0.3 is 20.0 Å². The first-order valence-corrected chi connectivity index (χ1v) is 12.4. The van der Waals surface area contributed by atoms with Crippen molar-refractivity contribution in [2.24, 2.45) is 0 Å². The number of nitrogens with zero attached hydrogens (tertiary/aromatic N) is 4. The molecule has 4 rings (SSSR count). The van der Waals surface area contributed by atoms with E-state index >= 15 is 0 Å². The fourth-order valence-electron chi connectivity index (χ4n) is 4.16. The minimum Gasteiger partial charge on any atom is -0.394 e. The zero-order valence-corrected chi connectivity index (χ0v) is 21.0. The quantitative estimate of drug-likeness (QED) is 0.482. The van der Waals surface area contributed by atoms with Crippen molar-refractivity contribution in [1.29, 1.82) is 0 Å². The van der Waals surface area contributed by atoms with E-state index in [0.717, 1.165) is 0 Å². The lowest BCUT2D eigenvalue weighted by Crippen LogP contribution is -2.60. The van der Waals surface area contributed by atoms with Gasteiger partial charge in [-0.2, -0.15) is 0 Å². The molecule has 3 atom stereocenters. The van der Waals surface area contributed by atoms with Crippen LogP contribution in [-0.2, 0) is 6.42 Å². The summed E-state index contributed by atoms with van der Waals surface area (Å²) in [6, 6.07) is 4.78. The molecule has 1 fully saturated rings. The number of amides is 2. The molecule has 3 N–H and O–H groups in total. The van der Waals surface area contributed by atoms with Gasteiger partial charge in [-0.15, -0.1) is 0 Å². The smallest absolute Gasteiger partial charge is 0.324 e. The summed E-state index contributed by atoms with van der Waals surface area (Å²) < 4.78 is 28.8. The van der Waals surface area contributed by atoms with Crippen molar-refractivity contribution in [3.63, 3.8) is 0 Å².